The molecule has 1 rings (SSSR count). The zero-order valence-corrected chi connectivity index (χ0v) is 13.6. The van der Waals surface area contributed by atoms with E-state index in [9.17, 15) is 9.90 Å². The highest BCUT2D eigenvalue weighted by Crippen LogP contribution is 2.33. The van der Waals surface area contributed by atoms with Crippen LogP contribution in [0.3, 0.4) is 0 Å². The second-order valence-corrected chi connectivity index (χ2v) is 5.80. The summed E-state index contributed by atoms with van der Waals surface area (Å²) in [4.78, 5) is 10.6. The van der Waals surface area contributed by atoms with Crippen LogP contribution in [0, 0.1) is 0 Å². The molecule has 1 aromatic rings. The predicted octanol–water partition coefficient (Wildman–Crippen LogP) is 2.24. The van der Waals surface area contributed by atoms with Gasteiger partial charge in [-0.25, -0.2) is 0 Å². The number of likely N-dealkylation sites (N-methyl/N-ethyl adjacent to an activating group) is 1. The van der Waals surface area contributed by atoms with Crippen molar-refractivity contribution in [2.45, 2.75) is 0 Å². The van der Waals surface area contributed by atoms with Crippen LogP contribution in [0.15, 0.2) is 24.8 Å². The first-order chi connectivity index (χ1) is 9.14. The van der Waals surface area contributed by atoms with E-state index in [1.54, 1.807) is 0 Å². The molecular formula is C14H19Cl2NO3. The Morgan fingerprint density at radius 2 is 1.85 bits per heavy atom. The first-order valence-electron chi connectivity index (χ1n) is 5.78. The minimum Gasteiger partial charge on any atom is -0.545 e. The van der Waals surface area contributed by atoms with E-state index in [0.717, 1.165) is 11.0 Å². The Hall–Kier alpha value is -1.23. The number of carbonyl (C=O) groups excluding carboxylic acids is 1. The smallest absolute Gasteiger partial charge is 0.147 e. The van der Waals surface area contributed by atoms with Crippen LogP contribution in [0.25, 0.3) is 0 Å². The number of carbonyl (C=O) groups is 1. The fraction of sp³-hybridized carbons (Fsp3) is 0.357. The number of quaternary nitrogens is 1. The van der Waals surface area contributed by atoms with Crippen molar-refractivity contribution >= 4 is 29.2 Å². The molecule has 1 aromatic carbocycles. The Bertz CT molecular complexity index is 482. The molecule has 0 aliphatic heterocycles. The van der Waals surface area contributed by atoms with E-state index in [-0.39, 0.29) is 21.4 Å². The summed E-state index contributed by atoms with van der Waals surface area (Å²) in [6.07, 6.45) is 1.93. The summed E-state index contributed by atoms with van der Waals surface area (Å²) < 4.78 is 5.76. The molecule has 0 N–H and O–H groups in total. The molecule has 112 valence electrons. The van der Waals surface area contributed by atoms with E-state index in [2.05, 4.69) is 27.7 Å². The van der Waals surface area contributed by atoms with Crippen LogP contribution in [0.4, 0.5) is 0 Å². The molecule has 0 atom stereocenters. The molecule has 0 heterocycles. The highest BCUT2D eigenvalue weighted by molar-refractivity contribution is 6.36. The number of rotatable bonds is 4. The van der Waals surface area contributed by atoms with E-state index in [0.29, 0.717) is 0 Å². The quantitative estimate of drug-likeness (QED) is 0.631. The van der Waals surface area contributed by atoms with Gasteiger partial charge in [0.25, 0.3) is 0 Å². The molecule has 6 heteroatoms. The number of nitrogens with zero attached hydrogens (tertiary/aromatic N) is 1. The molecule has 0 aliphatic carbocycles. The Morgan fingerprint density at radius 1 is 1.35 bits per heavy atom. The van der Waals surface area contributed by atoms with Gasteiger partial charge in [-0.05, 0) is 18.2 Å². The van der Waals surface area contributed by atoms with E-state index < -0.39 is 5.97 Å². The van der Waals surface area contributed by atoms with Gasteiger partial charge in [0, 0.05) is 0 Å². The number of carboxylic acids is 1. The molecule has 0 fully saturated rings. The monoisotopic (exact) mass is 319 g/mol. The summed E-state index contributed by atoms with van der Waals surface area (Å²) in [5.41, 5.74) is -0.225. The van der Waals surface area contributed by atoms with Gasteiger partial charge in [-0.2, -0.15) is 0 Å². The predicted molar refractivity (Wildman–Crippen MR) is 80.4 cm³/mol. The van der Waals surface area contributed by atoms with Gasteiger partial charge in [0.05, 0.1) is 56.4 Å². The zero-order valence-electron chi connectivity index (χ0n) is 12.1. The maximum atomic E-state index is 10.6. The molecule has 0 aromatic heterocycles. The van der Waals surface area contributed by atoms with Crippen molar-refractivity contribution in [3.63, 3.8) is 0 Å². The maximum Gasteiger partial charge on any atom is 0.147 e. The second-order valence-electron chi connectivity index (χ2n) is 4.99. The highest BCUT2D eigenvalue weighted by atomic mass is 35.5. The van der Waals surface area contributed by atoms with E-state index in [4.69, 9.17) is 27.9 Å². The van der Waals surface area contributed by atoms with Crippen LogP contribution < -0.4 is 9.84 Å². The summed E-state index contributed by atoms with van der Waals surface area (Å²) in [7, 11) is 7.73. The van der Waals surface area contributed by atoms with Gasteiger partial charge in [0.2, 0.25) is 0 Å². The molecule has 0 bridgehead atoms. The SMILES string of the molecule is C=CC[N+](C)(C)C.COc1c(Cl)ccc(Cl)c1C(=O)[O-]. The normalized spacial score (nSPS) is 10.3. The van der Waals surface area contributed by atoms with E-state index >= 15 is 0 Å². The van der Waals surface area contributed by atoms with Crippen molar-refractivity contribution in [3.05, 3.63) is 40.4 Å². The zero-order chi connectivity index (χ0) is 15.9. The summed E-state index contributed by atoms with van der Waals surface area (Å²) >= 11 is 11.3. The van der Waals surface area contributed by atoms with Gasteiger partial charge < -0.3 is 19.1 Å². The third kappa shape index (κ3) is 6.28. The maximum absolute atomic E-state index is 10.6. The first kappa shape index (κ1) is 18.8. The molecule has 20 heavy (non-hydrogen) atoms. The lowest BCUT2D eigenvalue weighted by Crippen LogP contribution is -2.33. The third-order valence-electron chi connectivity index (χ3n) is 2.14. The first-order valence-corrected chi connectivity index (χ1v) is 6.54. The number of ether oxygens (including phenoxy) is 1. The van der Waals surface area contributed by atoms with Crippen LogP contribution in [0.1, 0.15) is 10.4 Å². The average Bonchev–Trinajstić information content (AvgIpc) is 2.30. The minimum absolute atomic E-state index is 0.0224. The van der Waals surface area contributed by atoms with Gasteiger partial charge in [-0.1, -0.05) is 29.8 Å². The van der Waals surface area contributed by atoms with Gasteiger partial charge in [-0.15, -0.1) is 0 Å². The van der Waals surface area contributed by atoms with E-state index in [1.165, 1.54) is 19.2 Å². The Balaban J connectivity index is 0.000000441. The lowest BCUT2D eigenvalue weighted by Gasteiger charge is -2.21. The van der Waals surface area contributed by atoms with E-state index in [1.807, 2.05) is 6.08 Å². The molecule has 0 aliphatic rings. The summed E-state index contributed by atoms with van der Waals surface area (Å²) in [5.74, 6) is -1.39. The number of hydrogen-bond donors (Lipinski definition) is 0. The molecule has 0 saturated heterocycles. The number of carboxylic acid groups (broad SMARTS) is 1. The fourth-order valence-corrected chi connectivity index (χ4v) is 1.77. The molecule has 4 nitrogen and oxygen atoms in total. The third-order valence-corrected chi connectivity index (χ3v) is 2.76. The van der Waals surface area contributed by atoms with Crippen LogP contribution >= 0.6 is 23.2 Å². The van der Waals surface area contributed by atoms with Crippen molar-refractivity contribution in [1.82, 2.24) is 0 Å². The highest BCUT2D eigenvalue weighted by Gasteiger charge is 2.12. The van der Waals surface area contributed by atoms with Crippen LogP contribution in [0.5, 0.6) is 5.75 Å². The summed E-state index contributed by atoms with van der Waals surface area (Å²) in [6.45, 7) is 4.67. The molecule has 0 amide bonds. The Kier molecular flexibility index (Phi) is 7.64. The van der Waals surface area contributed by atoms with Crippen LogP contribution in [-0.2, 0) is 0 Å². The van der Waals surface area contributed by atoms with Crippen molar-refractivity contribution in [3.8, 4) is 5.75 Å². The lowest BCUT2D eigenvalue weighted by molar-refractivity contribution is -0.864. The van der Waals surface area contributed by atoms with Crippen molar-refractivity contribution in [2.24, 2.45) is 0 Å². The van der Waals surface area contributed by atoms with Gasteiger partial charge in [0.1, 0.15) is 5.75 Å². The van der Waals surface area contributed by atoms with Gasteiger partial charge >= 0.3 is 0 Å². The van der Waals surface area contributed by atoms with Crippen LogP contribution in [0.2, 0.25) is 10.0 Å². The number of aromatic carboxylic acids is 1. The molecule has 0 saturated carbocycles. The molecule has 0 unspecified atom stereocenters. The minimum atomic E-state index is -1.41. The topological polar surface area (TPSA) is 49.4 Å². The van der Waals surface area contributed by atoms with Crippen molar-refractivity contribution < 1.29 is 19.1 Å². The molecule has 0 spiro atoms. The fourth-order valence-electron chi connectivity index (χ4n) is 1.31. The van der Waals surface area contributed by atoms with Crippen molar-refractivity contribution in [1.29, 1.82) is 0 Å². The second kappa shape index (κ2) is 8.15. The van der Waals surface area contributed by atoms with Crippen molar-refractivity contribution in [2.75, 3.05) is 34.8 Å². The molecular weight excluding hydrogens is 301 g/mol. The number of benzene rings is 1. The largest absolute Gasteiger partial charge is 0.545 e. The standard InChI is InChI=1S/C8H6Cl2O3.C6H14N/c1-13-7-5(10)3-2-4(9)6(7)8(11)12;1-5-6-7(2,3)4/h2-3H,1H3,(H,11,12);5H,1,6H2,2-4H3/q;+1/p-1. The molecule has 0 radical (unpaired) electrons. The summed E-state index contributed by atoms with van der Waals surface area (Å²) in [5, 5.41) is 10.8. The Labute approximate surface area is 129 Å². The lowest BCUT2D eigenvalue weighted by atomic mass is 10.2. The Morgan fingerprint density at radius 3 is 2.10 bits per heavy atom. The number of methoxy groups -OCH3 is 1. The average molecular weight is 320 g/mol. The summed E-state index contributed by atoms with van der Waals surface area (Å²) in [6, 6.07) is 2.83. The van der Waals surface area contributed by atoms with Gasteiger partial charge in [0.15, 0.2) is 0 Å². The van der Waals surface area contributed by atoms with Crippen LogP contribution in [-0.4, -0.2) is 45.2 Å². The number of hydrogen-bond acceptors (Lipinski definition) is 3. The van der Waals surface area contributed by atoms with Gasteiger partial charge in [-0.3, -0.25) is 0 Å². The number of halogens is 2.